The van der Waals surface area contributed by atoms with E-state index in [2.05, 4.69) is 22.1 Å². The van der Waals surface area contributed by atoms with Gasteiger partial charge in [0.25, 0.3) is 0 Å². The first kappa shape index (κ1) is 76.7. The topological polar surface area (TPSA) is 118 Å². The first-order chi connectivity index (χ1) is 35.3. The zero-order valence-electron chi connectivity index (χ0n) is 42.9. The Morgan fingerprint density at radius 2 is 0.899 bits per heavy atom. The molecule has 0 aliphatic heterocycles. The van der Waals surface area contributed by atoms with Gasteiger partial charge in [0.15, 0.2) is 24.8 Å². The molecule has 0 radical (unpaired) electrons. The van der Waals surface area contributed by atoms with Crippen LogP contribution in [0, 0.1) is 19.9 Å². The maximum atomic E-state index is 13.5. The number of benzene rings is 6. The first-order valence-electron chi connectivity index (χ1n) is 21.3. The Labute approximate surface area is 502 Å². The molecule has 0 bridgehead atoms. The van der Waals surface area contributed by atoms with E-state index in [0.29, 0.717) is 16.0 Å². The molecule has 0 N–H and O–H groups in total. The molecule has 0 aliphatic carbocycles. The maximum absolute atomic E-state index is 13.5. The van der Waals surface area contributed by atoms with Crippen LogP contribution >= 0.6 is 47.0 Å². The van der Waals surface area contributed by atoms with Crippen molar-refractivity contribution in [2.45, 2.75) is 101 Å². The molecule has 0 saturated carbocycles. The normalized spacial score (nSPS) is 11.9. The number of rotatable bonds is 11. The van der Waals surface area contributed by atoms with Crippen LogP contribution in [0.1, 0.15) is 22.3 Å². The fraction of sp³-hybridized carbons (Fsp3) is 0.265. The average Bonchev–Trinajstić information content (AvgIpc) is 3.32. The molecule has 6 rings (SSSR count). The van der Waals surface area contributed by atoms with Crippen molar-refractivity contribution in [2.24, 2.45) is 0 Å². The van der Waals surface area contributed by atoms with Crippen LogP contribution in [0.15, 0.2) is 178 Å². The van der Waals surface area contributed by atoms with E-state index in [1.807, 2.05) is 116 Å². The molecular formula is C49H49BrF12MgO7S8Si. The van der Waals surface area contributed by atoms with E-state index in [1.54, 1.807) is 60.9 Å². The van der Waals surface area contributed by atoms with Crippen molar-refractivity contribution in [1.82, 2.24) is 0 Å². The molecule has 0 aliphatic rings. The van der Waals surface area contributed by atoms with Gasteiger partial charge in [0.05, 0.1) is 27.3 Å². The molecule has 0 atom stereocenters. The van der Waals surface area contributed by atoms with Gasteiger partial charge in [-0.25, -0.2) is 12.6 Å². The second-order valence-corrected chi connectivity index (χ2v) is 30.8. The molecule has 0 amide bonds. The van der Waals surface area contributed by atoms with Crippen molar-refractivity contribution in [3.8, 4) is 0 Å². The summed E-state index contributed by atoms with van der Waals surface area (Å²) in [4.78, 5) is 8.92. The number of hydrogen-bond donors (Lipinski definition) is 0. The summed E-state index contributed by atoms with van der Waals surface area (Å²) < 4.78 is 207. The Hall–Kier alpha value is -2.34. The summed E-state index contributed by atoms with van der Waals surface area (Å²) in [5.41, 5.74) is -11.0. The smallest absolute Gasteiger partial charge is 1.00 e. The van der Waals surface area contributed by atoms with Crippen LogP contribution in [0.3, 0.4) is 0 Å². The number of halogens is 13. The molecule has 6 aromatic rings. The molecule has 0 spiro atoms. The zero-order valence-corrected chi connectivity index (χ0v) is 53.5. The largest absolute Gasteiger partial charge is 2.00 e. The third-order valence-corrected chi connectivity index (χ3v) is 19.3. The minimum atomic E-state index is -6.09. The van der Waals surface area contributed by atoms with E-state index in [-0.39, 0.29) is 40.0 Å². The predicted octanol–water partition coefficient (Wildman–Crippen LogP) is 13.0. The van der Waals surface area contributed by atoms with Crippen LogP contribution in [0.4, 0.5) is 52.7 Å². The summed E-state index contributed by atoms with van der Waals surface area (Å²) in [7, 11) is -15.9. The van der Waals surface area contributed by atoms with E-state index in [1.165, 1.54) is 37.8 Å². The quantitative estimate of drug-likeness (QED) is 0.0235. The van der Waals surface area contributed by atoms with Gasteiger partial charge in [-0.3, -0.25) is 0 Å². The Morgan fingerprint density at radius 3 is 1.20 bits per heavy atom. The van der Waals surface area contributed by atoms with Crippen LogP contribution in [0.25, 0.3) is 0 Å². The van der Waals surface area contributed by atoms with Crippen molar-refractivity contribution in [2.75, 3.05) is 25.0 Å². The van der Waals surface area contributed by atoms with Crippen molar-refractivity contribution < 1.29 is 99.1 Å². The molecular weight excluding hydrogens is 1320 g/mol. The third-order valence-electron chi connectivity index (χ3n) is 8.87. The Balaban J connectivity index is 0.00000103. The van der Waals surface area contributed by atoms with Gasteiger partial charge in [-0.2, -0.15) is 90.9 Å². The van der Waals surface area contributed by atoms with E-state index >= 15 is 0 Å². The van der Waals surface area contributed by atoms with E-state index in [4.69, 9.17) is 13.0 Å². The molecule has 79 heavy (non-hydrogen) atoms. The monoisotopic (exact) mass is 1360 g/mol. The molecule has 0 heterocycles. The standard InChI is InChI=1S/C22H20F3S3.C14H14OS3.C8H6F3.C4H9F3O3SSi.CHF3O3S.BrH.Mg/c1-15-10-16(22(23,24)25)12-21(11-15)28(19-8-4-6-17(13-19)26-2)20-9-5-7-18(14-20)27-3;1-16-11-5-3-7-13(9-11)18(15)14-8-4-6-12(10-14)17-2;1-6-3-2-4-7(5-6)8(9,10)11;1-12(2,3)10-11(8,9)4(5,6)7;2-1(3,4)8(5,6)7;;/h4-14H,1-3H3;3-10H,1-2H3;3-5H,1H3;1-3H3;(H,5,6,7);1H;/q+1;;-1;;;;+2/p-2. The first-order valence-corrected chi connectivity index (χ1v) is 34.8. The van der Waals surface area contributed by atoms with Gasteiger partial charge < -0.3 is 25.4 Å². The van der Waals surface area contributed by atoms with Crippen molar-refractivity contribution in [1.29, 1.82) is 0 Å². The fourth-order valence-electron chi connectivity index (χ4n) is 5.59. The summed E-state index contributed by atoms with van der Waals surface area (Å²) in [6.07, 6.45) is -0.562. The van der Waals surface area contributed by atoms with Gasteiger partial charge in [0, 0.05) is 47.6 Å². The minimum Gasteiger partial charge on any atom is -1.00 e. The second kappa shape index (κ2) is 33.2. The zero-order chi connectivity index (χ0) is 59.0. The molecule has 30 heteroatoms. The number of hydrogen-bond acceptors (Lipinski definition) is 11. The van der Waals surface area contributed by atoms with Crippen LogP contribution in [0.2, 0.25) is 19.6 Å². The number of aryl methyl sites for hydroxylation is 2. The minimum absolute atomic E-state index is 0. The summed E-state index contributed by atoms with van der Waals surface area (Å²) in [6.45, 7) is 7.39. The van der Waals surface area contributed by atoms with Crippen LogP contribution in [0.5, 0.6) is 0 Å². The van der Waals surface area contributed by atoms with E-state index in [9.17, 15) is 65.3 Å². The molecule has 6 aromatic carbocycles. The van der Waals surface area contributed by atoms with Crippen molar-refractivity contribution >= 4 is 120 Å². The van der Waals surface area contributed by atoms with Gasteiger partial charge in [-0.05, 0) is 130 Å². The predicted molar refractivity (Wildman–Crippen MR) is 292 cm³/mol. The summed E-state index contributed by atoms with van der Waals surface area (Å²) in [5, 5.41) is 0. The fourth-order valence-corrected chi connectivity index (χ4v) is 14.2. The second-order valence-electron chi connectivity index (χ2n) is 16.1. The molecule has 0 unspecified atom stereocenters. The average molecular weight is 1370 g/mol. The summed E-state index contributed by atoms with van der Waals surface area (Å²) in [6, 6.07) is 42.3. The van der Waals surface area contributed by atoms with Crippen LogP contribution in [-0.2, 0) is 58.2 Å². The Morgan fingerprint density at radius 1 is 0.532 bits per heavy atom. The molecule has 0 aromatic heterocycles. The van der Waals surface area contributed by atoms with Gasteiger partial charge in [-0.15, -0.1) is 47.0 Å². The number of alkyl halides is 12. The maximum Gasteiger partial charge on any atom is 2.00 e. The summed E-state index contributed by atoms with van der Waals surface area (Å²) >= 11 is 6.59. The molecule has 432 valence electrons. The number of thioether (sulfide) groups is 4. The van der Waals surface area contributed by atoms with E-state index < -0.39 is 84.7 Å². The molecule has 7 nitrogen and oxygen atoms in total. The molecule has 0 fully saturated rings. The van der Waals surface area contributed by atoms with Crippen LogP contribution < -0.4 is 17.0 Å². The third kappa shape index (κ3) is 26.8. The van der Waals surface area contributed by atoms with E-state index in [0.717, 1.165) is 51.3 Å². The van der Waals surface area contributed by atoms with Gasteiger partial charge in [-0.1, -0.05) is 36.8 Å². The van der Waals surface area contributed by atoms with Gasteiger partial charge >= 0.3 is 56.5 Å². The Bertz CT molecular complexity index is 3030. The summed E-state index contributed by atoms with van der Waals surface area (Å²) in [5.74, 6) is 0. The van der Waals surface area contributed by atoms with Crippen molar-refractivity contribution in [3.63, 3.8) is 0 Å². The Kier molecular flexibility index (Phi) is 32.2. The van der Waals surface area contributed by atoms with Gasteiger partial charge in [0.1, 0.15) is 0 Å². The van der Waals surface area contributed by atoms with Crippen molar-refractivity contribution in [3.05, 3.63) is 162 Å². The molecule has 0 saturated heterocycles. The van der Waals surface area contributed by atoms with Crippen LogP contribution in [-0.4, -0.2) is 93.0 Å². The van der Waals surface area contributed by atoms with Gasteiger partial charge in [0.2, 0.25) is 8.32 Å². The SMILES string of the molecule is CSc1cccc(S(=O)c2cccc(SC)c2)c1.CSc1cccc([S+](c2cccc(SC)c2)c2cc(C)cc(C(F)(F)F)c2)c1.C[Si](C)(C)OS(=O)(=O)C(F)(F)F.Cc1c[c-]cc(C(F)(F)F)c1.O=S(=O)([O-])C(F)(F)F.[Br-].[Mg+2].